The summed E-state index contributed by atoms with van der Waals surface area (Å²) in [5.74, 6) is -0.362. The predicted molar refractivity (Wildman–Crippen MR) is 111 cm³/mol. The van der Waals surface area contributed by atoms with Gasteiger partial charge in [-0.25, -0.2) is 0 Å². The summed E-state index contributed by atoms with van der Waals surface area (Å²) in [6, 6.07) is 5.71. The molecular weight excluding hydrogens is 478 g/mol. The topological polar surface area (TPSA) is 84.1 Å². The molecule has 27 heavy (non-hydrogen) atoms. The molecule has 0 aliphatic rings. The van der Waals surface area contributed by atoms with Crippen molar-refractivity contribution in [2.24, 2.45) is 0 Å². The fraction of sp³-hybridized carbons (Fsp3) is 0.316. The number of pyridine rings is 1. The second kappa shape index (κ2) is 8.83. The van der Waals surface area contributed by atoms with Crippen LogP contribution in [0, 0.1) is 32.1 Å². The third-order valence-electron chi connectivity index (χ3n) is 4.31. The molecule has 142 valence electrons. The second-order valence-corrected chi connectivity index (χ2v) is 7.80. The van der Waals surface area contributed by atoms with Gasteiger partial charge in [0.05, 0.1) is 12.3 Å². The number of methoxy groups -OCH3 is 1. The number of halogens is 2. The van der Waals surface area contributed by atoms with Gasteiger partial charge in [-0.15, -0.1) is 0 Å². The van der Waals surface area contributed by atoms with E-state index in [-0.39, 0.29) is 24.6 Å². The van der Waals surface area contributed by atoms with E-state index in [0.717, 1.165) is 15.6 Å². The second-order valence-electron chi connectivity index (χ2n) is 6.15. The molecular formula is C19H19Br2N3O3. The van der Waals surface area contributed by atoms with Gasteiger partial charge in [0.25, 0.3) is 5.56 Å². The first kappa shape index (κ1) is 21.4. The van der Waals surface area contributed by atoms with Gasteiger partial charge in [-0.05, 0) is 75.9 Å². The summed E-state index contributed by atoms with van der Waals surface area (Å²) < 4.78 is 7.71. The number of amides is 1. The Morgan fingerprint density at radius 2 is 1.89 bits per heavy atom. The summed E-state index contributed by atoms with van der Waals surface area (Å²) in [4.78, 5) is 25.2. The zero-order chi connectivity index (χ0) is 20.3. The summed E-state index contributed by atoms with van der Waals surface area (Å²) in [7, 11) is 1.49. The summed E-state index contributed by atoms with van der Waals surface area (Å²) in [5, 5.41) is 12.2. The van der Waals surface area contributed by atoms with Crippen LogP contribution >= 0.6 is 31.9 Å². The molecule has 8 heteroatoms. The number of ether oxygens (including phenoxy) is 1. The molecule has 0 saturated heterocycles. The molecule has 0 radical (unpaired) electrons. The van der Waals surface area contributed by atoms with Crippen molar-refractivity contribution in [3.8, 4) is 6.07 Å². The number of hydrogen-bond acceptors (Lipinski definition) is 4. The van der Waals surface area contributed by atoms with Crippen LogP contribution in [0.2, 0.25) is 0 Å². The molecule has 2 rings (SSSR count). The van der Waals surface area contributed by atoms with Crippen molar-refractivity contribution in [3.05, 3.63) is 59.4 Å². The highest BCUT2D eigenvalue weighted by Crippen LogP contribution is 2.26. The van der Waals surface area contributed by atoms with Crippen LogP contribution in [0.15, 0.2) is 25.9 Å². The maximum atomic E-state index is 12.7. The molecule has 0 unspecified atom stereocenters. The van der Waals surface area contributed by atoms with E-state index in [1.54, 1.807) is 6.92 Å². The van der Waals surface area contributed by atoms with Crippen molar-refractivity contribution < 1.29 is 9.53 Å². The zero-order valence-corrected chi connectivity index (χ0v) is 18.6. The van der Waals surface area contributed by atoms with Crippen LogP contribution in [0.1, 0.15) is 27.9 Å². The maximum absolute atomic E-state index is 12.7. The molecule has 0 saturated carbocycles. The number of rotatable bonds is 5. The number of nitrogens with one attached hydrogen (secondary N) is 1. The van der Waals surface area contributed by atoms with Crippen LogP contribution < -0.4 is 10.9 Å². The van der Waals surface area contributed by atoms with Crippen molar-refractivity contribution in [2.45, 2.75) is 33.9 Å². The molecule has 1 N–H and O–H groups in total. The minimum absolute atomic E-state index is 0.0329. The smallest absolute Gasteiger partial charge is 0.269 e. The van der Waals surface area contributed by atoms with E-state index in [2.05, 4.69) is 37.2 Å². The van der Waals surface area contributed by atoms with Gasteiger partial charge < -0.3 is 14.6 Å². The van der Waals surface area contributed by atoms with Crippen molar-refractivity contribution in [1.82, 2.24) is 4.57 Å². The highest BCUT2D eigenvalue weighted by Gasteiger charge is 2.20. The fourth-order valence-corrected chi connectivity index (χ4v) is 3.74. The van der Waals surface area contributed by atoms with Gasteiger partial charge in [0.2, 0.25) is 5.91 Å². The zero-order valence-electron chi connectivity index (χ0n) is 15.4. The van der Waals surface area contributed by atoms with Crippen molar-refractivity contribution in [1.29, 1.82) is 5.26 Å². The number of aromatic nitrogens is 1. The lowest BCUT2D eigenvalue weighted by atomic mass is 10.1. The fourth-order valence-electron chi connectivity index (χ4n) is 2.66. The third kappa shape index (κ3) is 4.49. The number of carbonyl (C=O) groups is 1. The number of nitriles is 1. The molecule has 0 aliphatic carbocycles. The molecule has 0 atom stereocenters. The number of nitrogens with zero attached hydrogens (tertiary/aromatic N) is 2. The SMILES string of the molecule is COCc1c(Br)c(C)n(CC(=O)Nc2cc(C)c(C)cc2Br)c(=O)c1C#N. The van der Waals surface area contributed by atoms with E-state index in [4.69, 9.17) is 4.74 Å². The molecule has 1 aromatic heterocycles. The van der Waals surface area contributed by atoms with E-state index in [0.29, 0.717) is 21.4 Å². The predicted octanol–water partition coefficient (Wildman–Crippen LogP) is 3.96. The number of benzene rings is 1. The van der Waals surface area contributed by atoms with Crippen molar-refractivity contribution >= 4 is 43.5 Å². The Morgan fingerprint density at radius 1 is 1.26 bits per heavy atom. The number of carbonyl (C=O) groups excluding carboxylic acids is 1. The van der Waals surface area contributed by atoms with Gasteiger partial charge in [0.15, 0.2) is 0 Å². The van der Waals surface area contributed by atoms with Crippen LogP contribution in [-0.4, -0.2) is 17.6 Å². The third-order valence-corrected chi connectivity index (χ3v) is 6.02. The highest BCUT2D eigenvalue weighted by molar-refractivity contribution is 9.11. The summed E-state index contributed by atoms with van der Waals surface area (Å²) in [5.41, 5.74) is 3.26. The van der Waals surface area contributed by atoms with Gasteiger partial charge in [0.1, 0.15) is 18.2 Å². The Balaban J connectivity index is 2.39. The largest absolute Gasteiger partial charge is 0.380 e. The molecule has 6 nitrogen and oxygen atoms in total. The van der Waals surface area contributed by atoms with E-state index in [9.17, 15) is 14.9 Å². The highest BCUT2D eigenvalue weighted by atomic mass is 79.9. The van der Waals surface area contributed by atoms with Crippen LogP contribution in [-0.2, 0) is 22.7 Å². The van der Waals surface area contributed by atoms with Crippen molar-refractivity contribution in [2.75, 3.05) is 12.4 Å². The van der Waals surface area contributed by atoms with Crippen LogP contribution in [0.5, 0.6) is 0 Å². The van der Waals surface area contributed by atoms with Gasteiger partial charge in [-0.1, -0.05) is 0 Å². The Kier molecular flexibility index (Phi) is 6.98. The monoisotopic (exact) mass is 495 g/mol. The first-order valence-electron chi connectivity index (χ1n) is 8.08. The van der Waals surface area contributed by atoms with E-state index in [1.165, 1.54) is 11.7 Å². The lowest BCUT2D eigenvalue weighted by Gasteiger charge is -2.16. The molecule has 2 aromatic rings. The molecule has 0 spiro atoms. The lowest BCUT2D eigenvalue weighted by molar-refractivity contribution is -0.116. The lowest BCUT2D eigenvalue weighted by Crippen LogP contribution is -2.32. The van der Waals surface area contributed by atoms with Crippen LogP contribution in [0.25, 0.3) is 0 Å². The number of aryl methyl sites for hydroxylation is 2. The molecule has 0 bridgehead atoms. The van der Waals surface area contributed by atoms with Gasteiger partial charge in [-0.2, -0.15) is 5.26 Å². The standard InChI is InChI=1S/C19H19Br2N3O3/c1-10-5-15(20)16(6-11(10)2)23-17(25)8-24-12(3)18(21)14(9-27-4)13(7-22)19(24)26/h5-6H,8-9H2,1-4H3,(H,23,25). The summed E-state index contributed by atoms with van der Waals surface area (Å²) >= 11 is 6.85. The minimum Gasteiger partial charge on any atom is -0.380 e. The molecule has 1 heterocycles. The Morgan fingerprint density at radius 3 is 2.48 bits per heavy atom. The van der Waals surface area contributed by atoms with E-state index < -0.39 is 5.56 Å². The van der Waals surface area contributed by atoms with Crippen LogP contribution in [0.4, 0.5) is 5.69 Å². The van der Waals surface area contributed by atoms with Gasteiger partial charge in [0, 0.05) is 27.3 Å². The first-order valence-corrected chi connectivity index (χ1v) is 9.67. The van der Waals surface area contributed by atoms with E-state index in [1.807, 2.05) is 32.0 Å². The van der Waals surface area contributed by atoms with Crippen LogP contribution in [0.3, 0.4) is 0 Å². The number of anilines is 1. The molecule has 0 aliphatic heterocycles. The average molecular weight is 497 g/mol. The van der Waals surface area contributed by atoms with Crippen molar-refractivity contribution in [3.63, 3.8) is 0 Å². The molecule has 1 amide bonds. The number of hydrogen-bond donors (Lipinski definition) is 1. The van der Waals surface area contributed by atoms with Gasteiger partial charge in [-0.3, -0.25) is 9.59 Å². The normalized spacial score (nSPS) is 10.6. The van der Waals surface area contributed by atoms with E-state index >= 15 is 0 Å². The minimum atomic E-state index is -0.514. The Labute approximate surface area is 174 Å². The summed E-state index contributed by atoms with van der Waals surface area (Å²) in [6.45, 7) is 5.58. The molecule has 1 aromatic carbocycles. The Bertz CT molecular complexity index is 1010. The maximum Gasteiger partial charge on any atom is 0.269 e. The quantitative estimate of drug-likeness (QED) is 0.679. The molecule has 0 fully saturated rings. The summed E-state index contributed by atoms with van der Waals surface area (Å²) in [6.07, 6.45) is 0. The average Bonchev–Trinajstić information content (AvgIpc) is 2.61. The first-order chi connectivity index (χ1) is 12.7. The Hall–Kier alpha value is -1.95. The van der Waals surface area contributed by atoms with Gasteiger partial charge >= 0.3 is 0 Å².